The van der Waals surface area contributed by atoms with Crippen LogP contribution < -0.4 is 5.14 Å². The number of nitrogens with two attached hydrogens (primary N) is 1. The molecule has 0 heterocycles. The molecule has 2 N–H and O–H groups in total. The molecule has 114 valence electrons. The van der Waals surface area contributed by atoms with Crippen LogP contribution in [0.1, 0.15) is 25.0 Å². The summed E-state index contributed by atoms with van der Waals surface area (Å²) in [7, 11) is -4.41. The maximum atomic E-state index is 12.9. The first-order valence-corrected chi connectivity index (χ1v) is 7.59. The maximum absolute atomic E-state index is 12.9. The second-order valence-corrected chi connectivity index (χ2v) is 5.86. The van der Waals surface area contributed by atoms with Gasteiger partial charge < -0.3 is 0 Å². The van der Waals surface area contributed by atoms with Crippen molar-refractivity contribution in [3.63, 3.8) is 0 Å². The van der Waals surface area contributed by atoms with Crippen LogP contribution in [0.15, 0.2) is 23.1 Å². The van der Waals surface area contributed by atoms with Crippen molar-refractivity contribution in [3.8, 4) is 0 Å². The third-order valence-corrected chi connectivity index (χ3v) is 3.93. The van der Waals surface area contributed by atoms with Gasteiger partial charge in [0, 0.05) is 6.54 Å². The Kier molecular flexibility index (Phi) is 5.17. The van der Waals surface area contributed by atoms with E-state index in [9.17, 15) is 21.6 Å². The summed E-state index contributed by atoms with van der Waals surface area (Å²) in [5.41, 5.74) is -0.821. The first-order valence-electron chi connectivity index (χ1n) is 6.04. The van der Waals surface area contributed by atoms with Gasteiger partial charge in [-0.3, -0.25) is 4.90 Å². The third kappa shape index (κ3) is 4.19. The SMILES string of the molecule is CCN(CC)Cc1ccc(S(N)(=O)=O)c(C(F)(F)F)c1. The zero-order valence-electron chi connectivity index (χ0n) is 11.2. The Morgan fingerprint density at radius 1 is 1.20 bits per heavy atom. The highest BCUT2D eigenvalue weighted by molar-refractivity contribution is 7.89. The molecule has 20 heavy (non-hydrogen) atoms. The third-order valence-electron chi connectivity index (χ3n) is 2.96. The van der Waals surface area contributed by atoms with E-state index in [0.717, 1.165) is 12.1 Å². The molecular weight excluding hydrogens is 293 g/mol. The van der Waals surface area contributed by atoms with Crippen LogP contribution in [-0.4, -0.2) is 26.4 Å². The largest absolute Gasteiger partial charge is 0.417 e. The Balaban J connectivity index is 3.29. The number of sulfonamides is 1. The Labute approximate surface area is 116 Å². The van der Waals surface area contributed by atoms with E-state index in [-0.39, 0.29) is 0 Å². The highest BCUT2D eigenvalue weighted by Gasteiger charge is 2.36. The number of alkyl halides is 3. The summed E-state index contributed by atoms with van der Waals surface area (Å²) in [6, 6.07) is 3.11. The normalized spacial score (nSPS) is 12.9. The Hall–Kier alpha value is -1.12. The molecule has 0 unspecified atom stereocenters. The molecule has 0 spiro atoms. The molecular formula is C12H17F3N2O2S. The molecule has 0 aliphatic carbocycles. The van der Waals surface area contributed by atoms with Crippen LogP contribution in [0, 0.1) is 0 Å². The van der Waals surface area contributed by atoms with Gasteiger partial charge in [0.15, 0.2) is 0 Å². The number of primary sulfonamides is 1. The van der Waals surface area contributed by atoms with Crippen molar-refractivity contribution in [1.82, 2.24) is 4.90 Å². The van der Waals surface area contributed by atoms with Gasteiger partial charge in [-0.15, -0.1) is 0 Å². The zero-order chi connectivity index (χ0) is 15.6. The van der Waals surface area contributed by atoms with Crippen molar-refractivity contribution in [2.24, 2.45) is 5.14 Å². The van der Waals surface area contributed by atoms with E-state index in [2.05, 4.69) is 0 Å². The lowest BCUT2D eigenvalue weighted by Crippen LogP contribution is -2.23. The van der Waals surface area contributed by atoms with Crippen LogP contribution >= 0.6 is 0 Å². The molecule has 1 aromatic carbocycles. The van der Waals surface area contributed by atoms with E-state index >= 15 is 0 Å². The minimum atomic E-state index is -4.76. The van der Waals surface area contributed by atoms with Crippen molar-refractivity contribution in [2.45, 2.75) is 31.5 Å². The van der Waals surface area contributed by atoms with E-state index in [4.69, 9.17) is 5.14 Å². The summed E-state index contributed by atoms with van der Waals surface area (Å²) in [6.45, 7) is 5.49. The van der Waals surface area contributed by atoms with Crippen molar-refractivity contribution in [1.29, 1.82) is 0 Å². The number of halogens is 3. The van der Waals surface area contributed by atoms with Gasteiger partial charge in [-0.25, -0.2) is 13.6 Å². The smallest absolute Gasteiger partial charge is 0.300 e. The Bertz CT molecular complexity index is 567. The number of rotatable bonds is 5. The van der Waals surface area contributed by atoms with Crippen LogP contribution in [0.2, 0.25) is 0 Å². The average Bonchev–Trinajstić information content (AvgIpc) is 2.33. The lowest BCUT2D eigenvalue weighted by atomic mass is 10.1. The van der Waals surface area contributed by atoms with Crippen molar-refractivity contribution < 1.29 is 21.6 Å². The highest BCUT2D eigenvalue weighted by atomic mass is 32.2. The van der Waals surface area contributed by atoms with E-state index in [0.29, 0.717) is 25.2 Å². The quantitative estimate of drug-likeness (QED) is 0.907. The van der Waals surface area contributed by atoms with Crippen molar-refractivity contribution >= 4 is 10.0 Å². The van der Waals surface area contributed by atoms with Crippen LogP contribution in [0.4, 0.5) is 13.2 Å². The lowest BCUT2D eigenvalue weighted by molar-refractivity contribution is -0.139. The summed E-state index contributed by atoms with van der Waals surface area (Å²) in [5.74, 6) is 0. The first-order chi connectivity index (χ1) is 9.09. The maximum Gasteiger partial charge on any atom is 0.417 e. The van der Waals surface area contributed by atoms with E-state index in [1.807, 2.05) is 18.7 Å². The summed E-state index contributed by atoms with van der Waals surface area (Å²) >= 11 is 0. The van der Waals surface area contributed by atoms with Crippen LogP contribution in [0.5, 0.6) is 0 Å². The highest BCUT2D eigenvalue weighted by Crippen LogP contribution is 2.34. The molecule has 0 bridgehead atoms. The van der Waals surface area contributed by atoms with Crippen LogP contribution in [-0.2, 0) is 22.7 Å². The molecule has 0 saturated carbocycles. The van der Waals surface area contributed by atoms with Gasteiger partial charge in [-0.2, -0.15) is 13.2 Å². The number of hydrogen-bond donors (Lipinski definition) is 1. The predicted molar refractivity (Wildman–Crippen MR) is 69.4 cm³/mol. The number of nitrogens with zero attached hydrogens (tertiary/aromatic N) is 1. The monoisotopic (exact) mass is 310 g/mol. The fraction of sp³-hybridized carbons (Fsp3) is 0.500. The van der Waals surface area contributed by atoms with Gasteiger partial charge in [0.1, 0.15) is 0 Å². The Morgan fingerprint density at radius 2 is 1.75 bits per heavy atom. The van der Waals surface area contributed by atoms with Gasteiger partial charge in [-0.1, -0.05) is 19.9 Å². The molecule has 0 aliphatic heterocycles. The second-order valence-electron chi connectivity index (χ2n) is 4.33. The fourth-order valence-corrected chi connectivity index (χ4v) is 2.59. The van der Waals surface area contributed by atoms with Gasteiger partial charge in [0.05, 0.1) is 10.5 Å². The summed E-state index contributed by atoms with van der Waals surface area (Å²) in [6.07, 6.45) is -4.76. The zero-order valence-corrected chi connectivity index (χ0v) is 12.1. The molecule has 0 amide bonds. The van der Waals surface area contributed by atoms with Gasteiger partial charge in [-0.05, 0) is 30.8 Å². The molecule has 8 heteroatoms. The van der Waals surface area contributed by atoms with E-state index in [1.54, 1.807) is 0 Å². The number of benzene rings is 1. The molecule has 0 fully saturated rings. The minimum absolute atomic E-state index is 0.320. The van der Waals surface area contributed by atoms with Crippen LogP contribution in [0.3, 0.4) is 0 Å². The summed E-state index contributed by atoms with van der Waals surface area (Å²) in [5, 5.41) is 4.82. The summed E-state index contributed by atoms with van der Waals surface area (Å²) < 4.78 is 61.2. The molecule has 0 radical (unpaired) electrons. The summed E-state index contributed by atoms with van der Waals surface area (Å²) in [4.78, 5) is 1.03. The molecule has 0 atom stereocenters. The molecule has 0 saturated heterocycles. The van der Waals surface area contributed by atoms with Gasteiger partial charge >= 0.3 is 6.18 Å². The van der Waals surface area contributed by atoms with E-state index in [1.165, 1.54) is 6.07 Å². The predicted octanol–water partition coefficient (Wildman–Crippen LogP) is 2.19. The molecule has 4 nitrogen and oxygen atoms in total. The Morgan fingerprint density at radius 3 is 2.15 bits per heavy atom. The average molecular weight is 310 g/mol. The number of hydrogen-bond acceptors (Lipinski definition) is 3. The fourth-order valence-electron chi connectivity index (χ4n) is 1.85. The van der Waals surface area contributed by atoms with E-state index < -0.39 is 26.7 Å². The topological polar surface area (TPSA) is 63.4 Å². The standard InChI is InChI=1S/C12H17F3N2O2S/c1-3-17(4-2)8-9-5-6-11(20(16,18)19)10(7-9)12(13,14)15/h5-7H,3-4,8H2,1-2H3,(H2,16,18,19). The van der Waals surface area contributed by atoms with Gasteiger partial charge in [0.25, 0.3) is 0 Å². The molecule has 0 aromatic heterocycles. The van der Waals surface area contributed by atoms with Crippen molar-refractivity contribution in [2.75, 3.05) is 13.1 Å². The van der Waals surface area contributed by atoms with Gasteiger partial charge in [0.2, 0.25) is 10.0 Å². The van der Waals surface area contributed by atoms with Crippen LogP contribution in [0.25, 0.3) is 0 Å². The minimum Gasteiger partial charge on any atom is -0.300 e. The lowest BCUT2D eigenvalue weighted by Gasteiger charge is -2.19. The first kappa shape index (κ1) is 16.9. The molecule has 1 rings (SSSR count). The van der Waals surface area contributed by atoms with Crippen molar-refractivity contribution in [3.05, 3.63) is 29.3 Å². The second kappa shape index (κ2) is 6.11. The molecule has 0 aliphatic rings. The molecule has 1 aromatic rings.